The van der Waals surface area contributed by atoms with Gasteiger partial charge in [0.15, 0.2) is 0 Å². The molecule has 0 bridgehead atoms. The Morgan fingerprint density at radius 3 is 2.50 bits per heavy atom. The fourth-order valence-electron chi connectivity index (χ4n) is 1.63. The molecular weight excluding hydrogens is 278 g/mol. The maximum Gasteiger partial charge on any atom is 0.240 e. The molecule has 1 unspecified atom stereocenters. The third kappa shape index (κ3) is 5.28. The van der Waals surface area contributed by atoms with Crippen LogP contribution in [0.5, 0.6) is 0 Å². The summed E-state index contributed by atoms with van der Waals surface area (Å²) in [7, 11) is -3.52. The third-order valence-corrected chi connectivity index (χ3v) is 4.18. The number of sulfonamides is 1. The van der Waals surface area contributed by atoms with Crippen LogP contribution >= 0.6 is 0 Å². The summed E-state index contributed by atoms with van der Waals surface area (Å²) in [5.41, 5.74) is 5.64. The zero-order chi connectivity index (χ0) is 15.0. The van der Waals surface area contributed by atoms with E-state index in [1.165, 1.54) is 12.1 Å². The van der Waals surface area contributed by atoms with E-state index in [-0.39, 0.29) is 23.9 Å². The average molecular weight is 299 g/mol. The summed E-state index contributed by atoms with van der Waals surface area (Å²) in [6, 6.07) is 7.54. The van der Waals surface area contributed by atoms with Gasteiger partial charge < -0.3 is 11.1 Å². The molecule has 7 heteroatoms. The SMILES string of the molecule is CCCC(N)C(=O)NCCNS(=O)(=O)c1ccccc1. The van der Waals surface area contributed by atoms with Crippen molar-refractivity contribution in [1.82, 2.24) is 10.0 Å². The maximum atomic E-state index is 11.9. The van der Waals surface area contributed by atoms with Crippen molar-refractivity contribution in [1.29, 1.82) is 0 Å². The Hall–Kier alpha value is -1.44. The lowest BCUT2D eigenvalue weighted by atomic mass is 10.2. The molecule has 1 atom stereocenters. The van der Waals surface area contributed by atoms with Crippen LogP contribution in [0.2, 0.25) is 0 Å². The number of carbonyl (C=O) groups excluding carboxylic acids is 1. The second kappa shape index (κ2) is 7.98. The van der Waals surface area contributed by atoms with Crippen LogP contribution in [0.4, 0.5) is 0 Å². The van der Waals surface area contributed by atoms with Gasteiger partial charge in [-0.05, 0) is 18.6 Å². The number of nitrogens with one attached hydrogen (secondary N) is 2. The highest BCUT2D eigenvalue weighted by molar-refractivity contribution is 7.89. The van der Waals surface area contributed by atoms with Gasteiger partial charge in [-0.3, -0.25) is 4.79 Å². The average Bonchev–Trinajstić information content (AvgIpc) is 2.44. The van der Waals surface area contributed by atoms with Crippen LogP contribution in [0, 0.1) is 0 Å². The van der Waals surface area contributed by atoms with Crippen LogP contribution in [-0.2, 0) is 14.8 Å². The zero-order valence-corrected chi connectivity index (χ0v) is 12.3. The Labute approximate surface area is 119 Å². The topological polar surface area (TPSA) is 101 Å². The van der Waals surface area contributed by atoms with Crippen molar-refractivity contribution in [2.45, 2.75) is 30.7 Å². The number of nitrogens with two attached hydrogens (primary N) is 1. The highest BCUT2D eigenvalue weighted by Gasteiger charge is 2.14. The van der Waals surface area contributed by atoms with Gasteiger partial charge in [0.2, 0.25) is 15.9 Å². The molecular formula is C13H21N3O3S. The van der Waals surface area contributed by atoms with Gasteiger partial charge in [-0.2, -0.15) is 0 Å². The molecule has 0 aliphatic carbocycles. The van der Waals surface area contributed by atoms with Crippen LogP contribution < -0.4 is 15.8 Å². The van der Waals surface area contributed by atoms with Gasteiger partial charge in [-0.25, -0.2) is 13.1 Å². The van der Waals surface area contributed by atoms with E-state index in [1.807, 2.05) is 6.92 Å². The van der Waals surface area contributed by atoms with E-state index in [2.05, 4.69) is 10.0 Å². The molecule has 1 aromatic carbocycles. The van der Waals surface area contributed by atoms with E-state index in [0.29, 0.717) is 6.42 Å². The summed E-state index contributed by atoms with van der Waals surface area (Å²) in [5.74, 6) is -0.259. The molecule has 0 fully saturated rings. The van der Waals surface area contributed by atoms with E-state index in [1.54, 1.807) is 18.2 Å². The van der Waals surface area contributed by atoms with Crippen molar-refractivity contribution < 1.29 is 13.2 Å². The summed E-state index contributed by atoms with van der Waals surface area (Å²) in [4.78, 5) is 11.7. The molecule has 0 aliphatic rings. The van der Waals surface area contributed by atoms with E-state index < -0.39 is 16.1 Å². The van der Waals surface area contributed by atoms with Crippen LogP contribution in [0.25, 0.3) is 0 Å². The Morgan fingerprint density at radius 1 is 1.25 bits per heavy atom. The summed E-state index contributed by atoms with van der Waals surface area (Å²) >= 11 is 0. The Morgan fingerprint density at radius 2 is 1.90 bits per heavy atom. The van der Waals surface area contributed by atoms with Gasteiger partial charge in [-0.15, -0.1) is 0 Å². The van der Waals surface area contributed by atoms with Crippen molar-refractivity contribution >= 4 is 15.9 Å². The monoisotopic (exact) mass is 299 g/mol. The predicted molar refractivity (Wildman–Crippen MR) is 77.5 cm³/mol. The number of hydrogen-bond donors (Lipinski definition) is 3. The predicted octanol–water partition coefficient (Wildman–Crippen LogP) is 0.209. The van der Waals surface area contributed by atoms with Crippen LogP contribution in [-0.4, -0.2) is 33.5 Å². The molecule has 0 radical (unpaired) electrons. The number of amides is 1. The molecule has 0 spiro atoms. The molecule has 1 amide bonds. The molecule has 6 nitrogen and oxygen atoms in total. The summed E-state index contributed by atoms with van der Waals surface area (Å²) in [5, 5.41) is 2.60. The molecule has 20 heavy (non-hydrogen) atoms. The quantitative estimate of drug-likeness (QED) is 0.597. The Kier molecular flexibility index (Phi) is 6.63. The van der Waals surface area contributed by atoms with Gasteiger partial charge in [0.25, 0.3) is 0 Å². The lowest BCUT2D eigenvalue weighted by molar-refractivity contribution is -0.122. The first-order valence-corrected chi connectivity index (χ1v) is 8.03. The Balaban J connectivity index is 2.36. The number of carbonyl (C=O) groups is 1. The largest absolute Gasteiger partial charge is 0.353 e. The van der Waals surface area contributed by atoms with Crippen molar-refractivity contribution in [2.24, 2.45) is 5.73 Å². The molecule has 0 saturated heterocycles. The fraction of sp³-hybridized carbons (Fsp3) is 0.462. The first-order chi connectivity index (χ1) is 9.47. The minimum atomic E-state index is -3.52. The van der Waals surface area contributed by atoms with Gasteiger partial charge >= 0.3 is 0 Å². The minimum Gasteiger partial charge on any atom is -0.353 e. The smallest absolute Gasteiger partial charge is 0.240 e. The zero-order valence-electron chi connectivity index (χ0n) is 11.5. The van der Waals surface area contributed by atoms with Crippen molar-refractivity contribution in [3.63, 3.8) is 0 Å². The van der Waals surface area contributed by atoms with Gasteiger partial charge in [-0.1, -0.05) is 31.5 Å². The van der Waals surface area contributed by atoms with Crippen LogP contribution in [0.15, 0.2) is 35.2 Å². The number of benzene rings is 1. The van der Waals surface area contributed by atoms with Crippen LogP contribution in [0.3, 0.4) is 0 Å². The van der Waals surface area contributed by atoms with Gasteiger partial charge in [0.1, 0.15) is 0 Å². The van der Waals surface area contributed by atoms with Crippen LogP contribution in [0.1, 0.15) is 19.8 Å². The standard InChI is InChI=1S/C13H21N3O3S/c1-2-6-12(14)13(17)15-9-10-16-20(18,19)11-7-4-3-5-8-11/h3-5,7-8,12,16H,2,6,9-10,14H2,1H3,(H,15,17). The van der Waals surface area contributed by atoms with E-state index >= 15 is 0 Å². The molecule has 1 aromatic rings. The van der Waals surface area contributed by atoms with Gasteiger partial charge in [0, 0.05) is 13.1 Å². The first-order valence-electron chi connectivity index (χ1n) is 6.55. The maximum absolute atomic E-state index is 11.9. The highest BCUT2D eigenvalue weighted by atomic mass is 32.2. The number of rotatable bonds is 8. The Bertz CT molecular complexity index is 517. The van der Waals surface area contributed by atoms with Crippen molar-refractivity contribution in [3.05, 3.63) is 30.3 Å². The van der Waals surface area contributed by atoms with E-state index in [0.717, 1.165) is 6.42 Å². The fourth-order valence-corrected chi connectivity index (χ4v) is 2.68. The minimum absolute atomic E-state index is 0.127. The summed E-state index contributed by atoms with van der Waals surface area (Å²) in [6.45, 7) is 2.28. The van der Waals surface area contributed by atoms with E-state index in [4.69, 9.17) is 5.73 Å². The second-order valence-corrected chi connectivity index (χ2v) is 6.16. The third-order valence-electron chi connectivity index (χ3n) is 2.71. The van der Waals surface area contributed by atoms with Crippen molar-refractivity contribution in [2.75, 3.05) is 13.1 Å². The van der Waals surface area contributed by atoms with E-state index in [9.17, 15) is 13.2 Å². The molecule has 0 aromatic heterocycles. The molecule has 112 valence electrons. The van der Waals surface area contributed by atoms with Gasteiger partial charge in [0.05, 0.1) is 10.9 Å². The molecule has 4 N–H and O–H groups in total. The molecule has 0 saturated carbocycles. The molecule has 0 aliphatic heterocycles. The van der Waals surface area contributed by atoms with Crippen molar-refractivity contribution in [3.8, 4) is 0 Å². The lowest BCUT2D eigenvalue weighted by Crippen LogP contribution is -2.43. The first kappa shape index (κ1) is 16.6. The normalized spacial score (nSPS) is 12.9. The lowest BCUT2D eigenvalue weighted by Gasteiger charge is -2.11. The second-order valence-electron chi connectivity index (χ2n) is 4.40. The number of hydrogen-bond acceptors (Lipinski definition) is 4. The summed E-state index contributed by atoms with van der Waals surface area (Å²) in [6.07, 6.45) is 1.44. The summed E-state index contributed by atoms with van der Waals surface area (Å²) < 4.78 is 26.1. The highest BCUT2D eigenvalue weighted by Crippen LogP contribution is 2.06. The molecule has 0 heterocycles. The molecule has 1 rings (SSSR count).